The third-order valence-electron chi connectivity index (χ3n) is 8.72. The molecule has 42 heavy (non-hydrogen) atoms. The van der Waals surface area contributed by atoms with Crippen molar-refractivity contribution in [2.75, 3.05) is 13.1 Å². The summed E-state index contributed by atoms with van der Waals surface area (Å²) in [5, 5.41) is 26.6. The average molecular weight is 578 g/mol. The number of carbonyl (C=O) groups is 3. The van der Waals surface area contributed by atoms with Crippen LogP contribution in [-0.4, -0.2) is 102 Å². The van der Waals surface area contributed by atoms with Gasteiger partial charge in [0.05, 0.1) is 18.2 Å². The standard InChI is InChI=1S/C29H39N9O4/c1-16-10-21(13-30)37(17(16)2)26(39)23(31-28(41)42-29(4,5)6)15-36-14-22-12-24(36)27(40)38(22)18(3)19-8-7-9-20(11-19)25-32-34-35-33-25/h7-9,11,16-18,21-24H,10,12,14-15H2,1-6H3,(H,31,41)(H,32,33,34,35)/t16?,17-,18?,21?,22-,23?,24?/m0/s1. The minimum atomic E-state index is -0.964. The fourth-order valence-electron chi connectivity index (χ4n) is 6.53. The van der Waals surface area contributed by atoms with E-state index >= 15 is 0 Å². The topological polar surface area (TPSA) is 160 Å². The van der Waals surface area contributed by atoms with E-state index < -0.39 is 29.8 Å². The Kier molecular flexibility index (Phi) is 7.94. The van der Waals surface area contributed by atoms with Crippen molar-refractivity contribution in [2.45, 2.75) is 96.2 Å². The molecule has 3 fully saturated rings. The predicted octanol–water partition coefficient (Wildman–Crippen LogP) is 2.26. The molecule has 2 aromatic rings. The number of fused-ring (bicyclic) bond motifs is 2. The van der Waals surface area contributed by atoms with E-state index in [4.69, 9.17) is 4.74 Å². The van der Waals surface area contributed by atoms with E-state index in [1.54, 1.807) is 25.7 Å². The molecule has 3 aliphatic heterocycles. The molecule has 0 aliphatic carbocycles. The molecule has 5 rings (SSSR count). The minimum absolute atomic E-state index is 0.00739. The van der Waals surface area contributed by atoms with Crippen LogP contribution in [0.25, 0.3) is 11.4 Å². The Hall–Kier alpha value is -4.05. The van der Waals surface area contributed by atoms with Gasteiger partial charge in [0.25, 0.3) is 0 Å². The summed E-state index contributed by atoms with van der Waals surface area (Å²) < 4.78 is 5.47. The lowest BCUT2D eigenvalue weighted by molar-refractivity contribution is -0.141. The number of nitrogens with one attached hydrogen (secondary N) is 2. The summed E-state index contributed by atoms with van der Waals surface area (Å²) in [6.07, 6.45) is 0.512. The smallest absolute Gasteiger partial charge is 0.408 e. The molecule has 3 amide bonds. The van der Waals surface area contributed by atoms with Crippen LogP contribution in [-0.2, 0) is 14.3 Å². The van der Waals surface area contributed by atoms with Crippen LogP contribution in [0.2, 0.25) is 0 Å². The molecule has 0 spiro atoms. The molecule has 224 valence electrons. The van der Waals surface area contributed by atoms with Gasteiger partial charge in [-0.05, 0) is 75.4 Å². The lowest BCUT2D eigenvalue weighted by Crippen LogP contribution is -2.59. The number of likely N-dealkylation sites (tertiary alicyclic amines) is 3. The van der Waals surface area contributed by atoms with Crippen LogP contribution >= 0.6 is 0 Å². The highest BCUT2D eigenvalue weighted by Crippen LogP contribution is 2.39. The number of hydrogen-bond acceptors (Lipinski definition) is 9. The highest BCUT2D eigenvalue weighted by Gasteiger charge is 2.52. The van der Waals surface area contributed by atoms with E-state index in [2.05, 4.69) is 32.0 Å². The van der Waals surface area contributed by atoms with Crippen molar-refractivity contribution in [3.8, 4) is 17.5 Å². The summed E-state index contributed by atoms with van der Waals surface area (Å²) >= 11 is 0. The molecule has 4 heterocycles. The third kappa shape index (κ3) is 5.68. The summed E-state index contributed by atoms with van der Waals surface area (Å²) in [5.41, 5.74) is 1.05. The van der Waals surface area contributed by atoms with Crippen LogP contribution < -0.4 is 5.32 Å². The Morgan fingerprint density at radius 1 is 1.26 bits per heavy atom. The number of carbonyl (C=O) groups excluding carboxylic acids is 3. The zero-order chi connectivity index (χ0) is 30.3. The second-order valence-electron chi connectivity index (χ2n) is 12.7. The second-order valence-corrected chi connectivity index (χ2v) is 12.7. The molecule has 1 aromatic heterocycles. The zero-order valence-electron chi connectivity index (χ0n) is 24.9. The first-order valence-electron chi connectivity index (χ1n) is 14.5. The summed E-state index contributed by atoms with van der Waals surface area (Å²) in [7, 11) is 0. The third-order valence-corrected chi connectivity index (χ3v) is 8.72. The number of nitriles is 1. The maximum absolute atomic E-state index is 13.9. The first-order valence-corrected chi connectivity index (χ1v) is 14.5. The van der Waals surface area contributed by atoms with Crippen LogP contribution in [0, 0.1) is 17.2 Å². The van der Waals surface area contributed by atoms with Gasteiger partial charge in [0.2, 0.25) is 11.8 Å². The number of tetrazole rings is 1. The van der Waals surface area contributed by atoms with Crippen molar-refractivity contribution >= 4 is 17.9 Å². The lowest BCUT2D eigenvalue weighted by atomic mass is 10.0. The number of piperazine rings is 1. The van der Waals surface area contributed by atoms with Crippen LogP contribution in [0.5, 0.6) is 0 Å². The van der Waals surface area contributed by atoms with Gasteiger partial charge in [0.15, 0.2) is 5.82 Å². The van der Waals surface area contributed by atoms with Crippen LogP contribution in [0.1, 0.15) is 66.0 Å². The van der Waals surface area contributed by atoms with Gasteiger partial charge in [-0.1, -0.05) is 25.1 Å². The summed E-state index contributed by atoms with van der Waals surface area (Å²) in [6.45, 7) is 11.9. The fourth-order valence-corrected chi connectivity index (χ4v) is 6.53. The monoisotopic (exact) mass is 577 g/mol. The van der Waals surface area contributed by atoms with Crippen LogP contribution in [0.3, 0.4) is 0 Å². The molecule has 0 radical (unpaired) electrons. The number of benzene rings is 1. The first-order chi connectivity index (χ1) is 19.9. The Balaban J connectivity index is 1.32. The maximum Gasteiger partial charge on any atom is 0.408 e. The zero-order valence-corrected chi connectivity index (χ0v) is 24.9. The molecule has 7 atom stereocenters. The molecule has 0 saturated carbocycles. The van der Waals surface area contributed by atoms with Crippen LogP contribution in [0.15, 0.2) is 24.3 Å². The van der Waals surface area contributed by atoms with E-state index in [1.807, 2.05) is 54.8 Å². The largest absolute Gasteiger partial charge is 0.444 e. The van der Waals surface area contributed by atoms with Crippen molar-refractivity contribution in [3.05, 3.63) is 29.8 Å². The number of rotatable bonds is 7. The lowest BCUT2D eigenvalue weighted by Gasteiger charge is -2.39. The molecule has 2 N–H and O–H groups in total. The summed E-state index contributed by atoms with van der Waals surface area (Å²) in [5.74, 6) is 0.368. The average Bonchev–Trinajstić information content (AvgIpc) is 3.72. The number of alkyl carbamates (subject to hydrolysis) is 1. The Morgan fingerprint density at radius 3 is 2.67 bits per heavy atom. The molecule has 3 aliphatic rings. The van der Waals surface area contributed by atoms with Crippen molar-refractivity contribution in [2.24, 2.45) is 5.92 Å². The molecular weight excluding hydrogens is 538 g/mol. The first kappa shape index (κ1) is 29.4. The molecule has 2 bridgehead atoms. The van der Waals surface area contributed by atoms with Gasteiger partial charge in [0, 0.05) is 30.7 Å². The number of amides is 3. The maximum atomic E-state index is 13.9. The fraction of sp³-hybridized carbons (Fsp3) is 0.621. The number of aromatic amines is 1. The van der Waals surface area contributed by atoms with Crippen LogP contribution in [0.4, 0.5) is 4.79 Å². The second kappa shape index (κ2) is 11.3. The number of aromatic nitrogens is 4. The predicted molar refractivity (Wildman–Crippen MR) is 151 cm³/mol. The van der Waals surface area contributed by atoms with E-state index in [1.165, 1.54) is 0 Å². The van der Waals surface area contributed by atoms with Gasteiger partial charge in [-0.3, -0.25) is 14.5 Å². The van der Waals surface area contributed by atoms with Gasteiger partial charge in [-0.15, -0.1) is 5.10 Å². The Morgan fingerprint density at radius 2 is 2.02 bits per heavy atom. The molecule has 3 saturated heterocycles. The number of nitrogens with zero attached hydrogens (tertiary/aromatic N) is 7. The SMILES string of the molecule is CC1CC(C#N)N(C(=O)C(CN2C[C@@H]3CC2C(=O)N3C(C)c2cccc(-c3nnn[nH]3)c2)NC(=O)OC(C)(C)C)[C@H]1C. The van der Waals surface area contributed by atoms with E-state index in [0.29, 0.717) is 25.2 Å². The van der Waals surface area contributed by atoms with Crippen molar-refractivity contribution in [1.82, 2.24) is 40.6 Å². The van der Waals surface area contributed by atoms with E-state index in [9.17, 15) is 19.6 Å². The number of H-pyrrole nitrogens is 1. The van der Waals surface area contributed by atoms with E-state index in [-0.39, 0.29) is 42.4 Å². The Bertz CT molecular complexity index is 1370. The van der Waals surface area contributed by atoms with Crippen molar-refractivity contribution < 1.29 is 19.1 Å². The highest BCUT2D eigenvalue weighted by molar-refractivity contribution is 5.88. The van der Waals surface area contributed by atoms with Gasteiger partial charge >= 0.3 is 6.09 Å². The van der Waals surface area contributed by atoms with Gasteiger partial charge < -0.3 is 19.9 Å². The summed E-state index contributed by atoms with van der Waals surface area (Å²) in [6, 6.07) is 7.74. The highest BCUT2D eigenvalue weighted by atomic mass is 16.6. The van der Waals surface area contributed by atoms with Gasteiger partial charge in [0.1, 0.15) is 17.7 Å². The number of hydrogen-bond donors (Lipinski definition) is 2. The van der Waals surface area contributed by atoms with Crippen molar-refractivity contribution in [3.63, 3.8) is 0 Å². The quantitative estimate of drug-likeness (QED) is 0.503. The summed E-state index contributed by atoms with van der Waals surface area (Å²) in [4.78, 5) is 45.9. The molecular formula is C29H39N9O4. The van der Waals surface area contributed by atoms with Crippen molar-refractivity contribution in [1.29, 1.82) is 5.26 Å². The van der Waals surface area contributed by atoms with Gasteiger partial charge in [-0.2, -0.15) is 5.26 Å². The number of ether oxygens (including phenoxy) is 1. The van der Waals surface area contributed by atoms with Gasteiger partial charge in [-0.25, -0.2) is 9.89 Å². The minimum Gasteiger partial charge on any atom is -0.444 e. The molecule has 13 nitrogen and oxygen atoms in total. The molecule has 5 unspecified atom stereocenters. The molecule has 13 heteroatoms. The molecule has 1 aromatic carbocycles. The van der Waals surface area contributed by atoms with E-state index in [0.717, 1.165) is 11.1 Å². The Labute approximate surface area is 245 Å². The normalized spacial score (nSPS) is 27.2.